The highest BCUT2D eigenvalue weighted by Gasteiger charge is 2.39. The van der Waals surface area contributed by atoms with E-state index in [-0.39, 0.29) is 30.2 Å². The van der Waals surface area contributed by atoms with Gasteiger partial charge in [0.2, 0.25) is 0 Å². The van der Waals surface area contributed by atoms with Crippen molar-refractivity contribution in [2.75, 3.05) is 43.1 Å². The fraction of sp³-hybridized carbons (Fsp3) is 0.417. The summed E-state index contributed by atoms with van der Waals surface area (Å²) >= 11 is 0. The lowest BCUT2D eigenvalue weighted by Gasteiger charge is -2.38. The third kappa shape index (κ3) is 4.54. The average Bonchev–Trinajstić information content (AvgIpc) is 3.24. The van der Waals surface area contributed by atoms with Crippen LogP contribution in [0.2, 0.25) is 0 Å². The Bertz CT molecular complexity index is 1150. The highest BCUT2D eigenvalue weighted by Crippen LogP contribution is 2.41. The SMILES string of the molecule is CCOC(=O)c1cc2n(n1)C(C1CCN(C)CC1)C(C(=O)Nc1ccc(N)c(C=N)c1)=C(C)N2. The molecule has 0 saturated carbocycles. The maximum Gasteiger partial charge on any atom is 0.358 e. The molecule has 4 rings (SSSR count). The number of fused-ring (bicyclic) bond motifs is 1. The van der Waals surface area contributed by atoms with Crippen molar-refractivity contribution in [3.63, 3.8) is 0 Å². The van der Waals surface area contributed by atoms with Gasteiger partial charge in [-0.3, -0.25) is 4.79 Å². The lowest BCUT2D eigenvalue weighted by molar-refractivity contribution is -0.113. The van der Waals surface area contributed by atoms with Gasteiger partial charge in [-0.2, -0.15) is 5.10 Å². The van der Waals surface area contributed by atoms with Crippen molar-refractivity contribution in [3.8, 4) is 0 Å². The van der Waals surface area contributed by atoms with E-state index >= 15 is 0 Å². The maximum atomic E-state index is 13.6. The minimum atomic E-state index is -0.488. The van der Waals surface area contributed by atoms with Gasteiger partial charge in [-0.05, 0) is 70.9 Å². The zero-order valence-corrected chi connectivity index (χ0v) is 19.7. The number of anilines is 3. The number of benzene rings is 1. The smallest absolute Gasteiger partial charge is 0.358 e. The molecule has 1 fully saturated rings. The molecule has 10 nitrogen and oxygen atoms in total. The topological polar surface area (TPSA) is 138 Å². The molecule has 2 aliphatic rings. The van der Waals surface area contributed by atoms with Crippen molar-refractivity contribution in [1.29, 1.82) is 5.41 Å². The highest BCUT2D eigenvalue weighted by atomic mass is 16.5. The second-order valence-electron chi connectivity index (χ2n) is 8.77. The molecule has 10 heteroatoms. The van der Waals surface area contributed by atoms with Crippen LogP contribution in [0.5, 0.6) is 0 Å². The van der Waals surface area contributed by atoms with Crippen LogP contribution in [0.1, 0.15) is 48.8 Å². The predicted octanol–water partition coefficient (Wildman–Crippen LogP) is 2.86. The lowest BCUT2D eigenvalue weighted by Crippen LogP contribution is -2.39. The molecule has 0 bridgehead atoms. The molecule has 0 aliphatic carbocycles. The van der Waals surface area contributed by atoms with E-state index < -0.39 is 5.97 Å². The molecule has 34 heavy (non-hydrogen) atoms. The molecule has 1 aromatic carbocycles. The molecular weight excluding hydrogens is 434 g/mol. The number of rotatable bonds is 6. The molecule has 2 aliphatic heterocycles. The zero-order valence-electron chi connectivity index (χ0n) is 19.7. The summed E-state index contributed by atoms with van der Waals surface area (Å²) in [6, 6.07) is 6.41. The minimum Gasteiger partial charge on any atom is -0.461 e. The Morgan fingerprint density at radius 2 is 2.06 bits per heavy atom. The minimum absolute atomic E-state index is 0.172. The number of nitrogens with two attached hydrogens (primary N) is 1. The van der Waals surface area contributed by atoms with Gasteiger partial charge in [0.1, 0.15) is 5.82 Å². The number of esters is 1. The fourth-order valence-electron chi connectivity index (χ4n) is 4.67. The first-order valence-electron chi connectivity index (χ1n) is 11.5. The summed E-state index contributed by atoms with van der Waals surface area (Å²) in [5.41, 5.74) is 8.96. The van der Waals surface area contributed by atoms with E-state index in [1.165, 1.54) is 0 Å². The number of ether oxygens (including phenoxy) is 1. The van der Waals surface area contributed by atoms with Crippen molar-refractivity contribution >= 4 is 35.3 Å². The van der Waals surface area contributed by atoms with E-state index in [1.807, 2.05) is 6.92 Å². The number of likely N-dealkylation sites (tertiary alicyclic amines) is 1. The van der Waals surface area contributed by atoms with Crippen LogP contribution in [0.3, 0.4) is 0 Å². The van der Waals surface area contributed by atoms with Crippen molar-refractivity contribution in [2.24, 2.45) is 5.92 Å². The van der Waals surface area contributed by atoms with Crippen molar-refractivity contribution in [3.05, 3.63) is 46.8 Å². The molecule has 1 aromatic heterocycles. The standard InChI is InChI=1S/C24H31N7O3/c1-4-34-24(33)19-12-20-27-14(2)21(22(31(20)29-19)15-7-9-30(3)10-8-15)23(32)28-17-5-6-18(26)16(11-17)13-25/h5-6,11-13,15,22,25,27H,4,7-10,26H2,1-3H3,(H,28,32). The third-order valence-corrected chi connectivity index (χ3v) is 6.45. The van der Waals surface area contributed by atoms with E-state index in [0.717, 1.165) is 32.1 Å². The Kier molecular flexibility index (Phi) is 6.69. The van der Waals surface area contributed by atoms with Crippen LogP contribution in [0.15, 0.2) is 35.5 Å². The van der Waals surface area contributed by atoms with E-state index in [4.69, 9.17) is 15.9 Å². The molecule has 1 saturated heterocycles. The number of piperidine rings is 1. The Morgan fingerprint density at radius 3 is 2.74 bits per heavy atom. The first-order chi connectivity index (χ1) is 16.3. The molecule has 1 amide bonds. The summed E-state index contributed by atoms with van der Waals surface area (Å²) in [5.74, 6) is 0.0948. The number of nitrogens with one attached hydrogen (secondary N) is 3. The average molecular weight is 466 g/mol. The number of carbonyl (C=O) groups excluding carboxylic acids is 2. The number of allylic oxidation sites excluding steroid dienone is 1. The third-order valence-electron chi connectivity index (χ3n) is 6.45. The second-order valence-corrected chi connectivity index (χ2v) is 8.77. The number of aromatic nitrogens is 2. The number of hydrogen-bond acceptors (Lipinski definition) is 8. The van der Waals surface area contributed by atoms with Crippen molar-refractivity contribution < 1.29 is 14.3 Å². The number of nitrogens with zero attached hydrogens (tertiary/aromatic N) is 3. The van der Waals surface area contributed by atoms with Gasteiger partial charge in [0.15, 0.2) is 5.69 Å². The Balaban J connectivity index is 1.70. The molecule has 5 N–H and O–H groups in total. The Labute approximate surface area is 198 Å². The largest absolute Gasteiger partial charge is 0.461 e. The summed E-state index contributed by atoms with van der Waals surface area (Å²) in [7, 11) is 2.09. The summed E-state index contributed by atoms with van der Waals surface area (Å²) in [6.45, 7) is 5.72. The molecule has 1 unspecified atom stereocenters. The molecule has 3 heterocycles. The van der Waals surface area contributed by atoms with Crippen LogP contribution in [-0.4, -0.2) is 59.5 Å². The van der Waals surface area contributed by atoms with Gasteiger partial charge in [-0.15, -0.1) is 0 Å². The van der Waals surface area contributed by atoms with Crippen LogP contribution in [-0.2, 0) is 9.53 Å². The van der Waals surface area contributed by atoms with Gasteiger partial charge < -0.3 is 31.4 Å². The van der Waals surface area contributed by atoms with E-state index in [9.17, 15) is 9.59 Å². The zero-order chi connectivity index (χ0) is 24.4. The summed E-state index contributed by atoms with van der Waals surface area (Å²) in [5, 5.41) is 18.3. The molecule has 1 atom stereocenters. The number of amides is 1. The normalized spacial score (nSPS) is 18.7. The van der Waals surface area contributed by atoms with Crippen LogP contribution < -0.4 is 16.4 Å². The first kappa shape index (κ1) is 23.5. The van der Waals surface area contributed by atoms with Crippen LogP contribution in [0.25, 0.3) is 0 Å². The van der Waals surface area contributed by atoms with E-state index in [0.29, 0.717) is 34.0 Å². The number of hydrogen-bond donors (Lipinski definition) is 4. The van der Waals surface area contributed by atoms with E-state index in [2.05, 4.69) is 27.7 Å². The van der Waals surface area contributed by atoms with Crippen LogP contribution >= 0.6 is 0 Å². The number of nitrogen functional groups attached to an aromatic ring is 1. The van der Waals surface area contributed by atoms with Gasteiger partial charge in [-0.1, -0.05) is 0 Å². The monoisotopic (exact) mass is 465 g/mol. The molecule has 0 spiro atoms. The Hall–Kier alpha value is -3.66. The molecule has 0 radical (unpaired) electrons. The van der Waals surface area contributed by atoms with Gasteiger partial charge in [-0.25, -0.2) is 9.48 Å². The predicted molar refractivity (Wildman–Crippen MR) is 131 cm³/mol. The summed E-state index contributed by atoms with van der Waals surface area (Å²) in [6.07, 6.45) is 2.96. The van der Waals surface area contributed by atoms with Gasteiger partial charge in [0.25, 0.3) is 5.91 Å². The maximum absolute atomic E-state index is 13.6. The summed E-state index contributed by atoms with van der Waals surface area (Å²) in [4.78, 5) is 28.2. The van der Waals surface area contributed by atoms with Gasteiger partial charge in [0.05, 0.1) is 18.2 Å². The number of carbonyl (C=O) groups is 2. The van der Waals surface area contributed by atoms with Crippen LogP contribution in [0, 0.1) is 11.3 Å². The van der Waals surface area contributed by atoms with Gasteiger partial charge >= 0.3 is 5.97 Å². The highest BCUT2D eigenvalue weighted by molar-refractivity contribution is 6.06. The van der Waals surface area contributed by atoms with Crippen LogP contribution in [0.4, 0.5) is 17.2 Å². The molecule has 180 valence electrons. The van der Waals surface area contributed by atoms with Crippen molar-refractivity contribution in [1.82, 2.24) is 14.7 Å². The van der Waals surface area contributed by atoms with Gasteiger partial charge in [0, 0.05) is 34.9 Å². The molecular formula is C24H31N7O3. The Morgan fingerprint density at radius 1 is 1.32 bits per heavy atom. The summed E-state index contributed by atoms with van der Waals surface area (Å²) < 4.78 is 6.90. The fourth-order valence-corrected chi connectivity index (χ4v) is 4.67. The lowest BCUT2D eigenvalue weighted by atomic mass is 9.83. The second kappa shape index (κ2) is 9.68. The van der Waals surface area contributed by atoms with E-state index in [1.54, 1.807) is 35.9 Å². The van der Waals surface area contributed by atoms with Crippen molar-refractivity contribution in [2.45, 2.75) is 32.7 Å². The quantitative estimate of drug-likeness (QED) is 0.292. The molecule has 2 aromatic rings. The first-order valence-corrected chi connectivity index (χ1v) is 11.5.